The molecule has 17 heavy (non-hydrogen) atoms. The summed E-state index contributed by atoms with van der Waals surface area (Å²) < 4.78 is 1.11. The predicted octanol–water partition coefficient (Wildman–Crippen LogP) is 3.90. The number of thioether (sulfide) groups is 1. The normalized spacial score (nSPS) is 10.4. The smallest absolute Gasteiger partial charge is 0.354 e. The SMILES string of the molecule is O=C(O)c1cc(SCc2ccc(Br)s2)ccn1. The minimum absolute atomic E-state index is 0.0855. The van der Waals surface area contributed by atoms with Crippen LogP contribution in [-0.2, 0) is 5.75 Å². The molecule has 0 spiro atoms. The molecule has 0 atom stereocenters. The number of aromatic carboxylic acids is 1. The minimum Gasteiger partial charge on any atom is -0.477 e. The van der Waals surface area contributed by atoms with Crippen molar-refractivity contribution >= 4 is 45.0 Å². The van der Waals surface area contributed by atoms with Gasteiger partial charge in [0, 0.05) is 21.7 Å². The zero-order valence-corrected chi connectivity index (χ0v) is 11.8. The Hall–Kier alpha value is -0.850. The van der Waals surface area contributed by atoms with Gasteiger partial charge in [0.1, 0.15) is 5.69 Å². The Balaban J connectivity index is 2.04. The van der Waals surface area contributed by atoms with E-state index in [1.165, 1.54) is 11.1 Å². The van der Waals surface area contributed by atoms with Gasteiger partial charge >= 0.3 is 5.97 Å². The molecule has 1 N–H and O–H groups in total. The van der Waals surface area contributed by atoms with E-state index in [0.717, 1.165) is 14.4 Å². The van der Waals surface area contributed by atoms with Crippen molar-refractivity contribution < 1.29 is 9.90 Å². The molecular weight excluding hydrogens is 322 g/mol. The molecule has 0 aliphatic heterocycles. The molecule has 0 aromatic carbocycles. The largest absolute Gasteiger partial charge is 0.477 e. The number of aromatic nitrogens is 1. The predicted molar refractivity (Wildman–Crippen MR) is 72.8 cm³/mol. The van der Waals surface area contributed by atoms with E-state index >= 15 is 0 Å². The molecule has 2 rings (SSSR count). The summed E-state index contributed by atoms with van der Waals surface area (Å²) in [5.74, 6) is -0.161. The van der Waals surface area contributed by atoms with Gasteiger partial charge in [-0.15, -0.1) is 23.1 Å². The summed E-state index contributed by atoms with van der Waals surface area (Å²) in [5.41, 5.74) is 0.0855. The van der Waals surface area contributed by atoms with Crippen molar-refractivity contribution in [3.63, 3.8) is 0 Å². The van der Waals surface area contributed by atoms with Crippen LogP contribution >= 0.6 is 39.0 Å². The van der Waals surface area contributed by atoms with Crippen molar-refractivity contribution in [2.45, 2.75) is 10.6 Å². The fourth-order valence-electron chi connectivity index (χ4n) is 1.20. The van der Waals surface area contributed by atoms with E-state index in [0.29, 0.717) is 0 Å². The molecule has 0 radical (unpaired) electrons. The summed E-state index contributed by atoms with van der Waals surface area (Å²) in [6, 6.07) is 7.48. The van der Waals surface area contributed by atoms with Gasteiger partial charge in [0.2, 0.25) is 0 Å². The van der Waals surface area contributed by atoms with Crippen LogP contribution in [0.4, 0.5) is 0 Å². The molecular formula is C11H8BrNO2S2. The average molecular weight is 330 g/mol. The summed E-state index contributed by atoms with van der Waals surface area (Å²) in [5, 5.41) is 8.82. The molecule has 2 heterocycles. The van der Waals surface area contributed by atoms with Crippen molar-refractivity contribution in [1.29, 1.82) is 0 Å². The van der Waals surface area contributed by atoms with Gasteiger partial charge in [-0.25, -0.2) is 9.78 Å². The molecule has 2 aromatic rings. The number of carbonyl (C=O) groups is 1. The van der Waals surface area contributed by atoms with E-state index < -0.39 is 5.97 Å². The number of thiophene rings is 1. The molecule has 6 heteroatoms. The van der Waals surface area contributed by atoms with Crippen LogP contribution in [0.2, 0.25) is 0 Å². The maximum Gasteiger partial charge on any atom is 0.354 e. The molecule has 0 saturated carbocycles. The summed E-state index contributed by atoms with van der Waals surface area (Å²) in [7, 11) is 0. The topological polar surface area (TPSA) is 50.2 Å². The Kier molecular flexibility index (Phi) is 4.20. The van der Waals surface area contributed by atoms with Crippen molar-refractivity contribution in [2.24, 2.45) is 0 Å². The zero-order valence-electron chi connectivity index (χ0n) is 8.59. The Morgan fingerprint density at radius 2 is 2.29 bits per heavy atom. The molecule has 0 saturated heterocycles. The molecule has 0 unspecified atom stereocenters. The van der Waals surface area contributed by atoms with Crippen LogP contribution in [0, 0.1) is 0 Å². The van der Waals surface area contributed by atoms with E-state index in [1.54, 1.807) is 29.2 Å². The van der Waals surface area contributed by atoms with Crippen LogP contribution in [0.3, 0.4) is 0 Å². The van der Waals surface area contributed by atoms with E-state index in [-0.39, 0.29) is 5.69 Å². The lowest BCUT2D eigenvalue weighted by atomic mass is 10.3. The van der Waals surface area contributed by atoms with Crippen molar-refractivity contribution in [1.82, 2.24) is 4.98 Å². The van der Waals surface area contributed by atoms with E-state index in [4.69, 9.17) is 5.11 Å². The van der Waals surface area contributed by atoms with Gasteiger partial charge in [0.05, 0.1) is 3.79 Å². The van der Waals surface area contributed by atoms with Crippen LogP contribution in [-0.4, -0.2) is 16.1 Å². The summed E-state index contributed by atoms with van der Waals surface area (Å²) in [4.78, 5) is 16.7. The third-order valence-corrected chi connectivity index (χ3v) is 4.81. The van der Waals surface area contributed by atoms with Gasteiger partial charge in [-0.3, -0.25) is 0 Å². The monoisotopic (exact) mass is 329 g/mol. The number of rotatable bonds is 4. The van der Waals surface area contributed by atoms with Gasteiger partial charge in [-0.2, -0.15) is 0 Å². The molecule has 3 nitrogen and oxygen atoms in total. The second-order valence-electron chi connectivity index (χ2n) is 3.18. The first-order valence-electron chi connectivity index (χ1n) is 4.71. The van der Waals surface area contributed by atoms with E-state index in [1.807, 2.05) is 12.1 Å². The highest BCUT2D eigenvalue weighted by atomic mass is 79.9. The Morgan fingerprint density at radius 1 is 1.47 bits per heavy atom. The van der Waals surface area contributed by atoms with E-state index in [9.17, 15) is 4.79 Å². The number of hydrogen-bond acceptors (Lipinski definition) is 4. The lowest BCUT2D eigenvalue weighted by Crippen LogP contribution is -1.99. The molecule has 0 amide bonds. The first kappa shape index (κ1) is 12.6. The van der Waals surface area contributed by atoms with Gasteiger partial charge in [0.15, 0.2) is 0 Å². The average Bonchev–Trinajstić information content (AvgIpc) is 2.73. The second-order valence-corrected chi connectivity index (χ2v) is 6.77. The lowest BCUT2D eigenvalue weighted by molar-refractivity contribution is 0.0690. The van der Waals surface area contributed by atoms with Gasteiger partial charge in [0.25, 0.3) is 0 Å². The quantitative estimate of drug-likeness (QED) is 0.864. The minimum atomic E-state index is -0.994. The van der Waals surface area contributed by atoms with E-state index in [2.05, 4.69) is 27.0 Å². The van der Waals surface area contributed by atoms with Crippen LogP contribution in [0.1, 0.15) is 15.4 Å². The van der Waals surface area contributed by atoms with Crippen molar-refractivity contribution in [3.05, 3.63) is 44.8 Å². The number of nitrogens with zero attached hydrogens (tertiary/aromatic N) is 1. The third kappa shape index (κ3) is 3.55. The maximum atomic E-state index is 10.8. The highest BCUT2D eigenvalue weighted by Crippen LogP contribution is 2.29. The number of carboxylic acid groups (broad SMARTS) is 1. The summed E-state index contributed by atoms with van der Waals surface area (Å²) >= 11 is 6.70. The highest BCUT2D eigenvalue weighted by Gasteiger charge is 2.06. The first-order chi connectivity index (χ1) is 8.15. The van der Waals surface area contributed by atoms with Crippen molar-refractivity contribution in [3.8, 4) is 0 Å². The standard InChI is InChI=1S/C11H8BrNO2S2/c12-10-2-1-8(17-10)6-16-7-3-4-13-9(5-7)11(14)15/h1-5H,6H2,(H,14,15). The molecule has 0 aliphatic rings. The summed E-state index contributed by atoms with van der Waals surface area (Å²) in [6.45, 7) is 0. The number of hydrogen-bond donors (Lipinski definition) is 1. The summed E-state index contributed by atoms with van der Waals surface area (Å²) in [6.07, 6.45) is 1.52. The van der Waals surface area contributed by atoms with Crippen molar-refractivity contribution in [2.75, 3.05) is 0 Å². The zero-order chi connectivity index (χ0) is 12.3. The Labute approximate surface area is 115 Å². The van der Waals surface area contributed by atoms with Crippen LogP contribution in [0.5, 0.6) is 0 Å². The fourth-order valence-corrected chi connectivity index (χ4v) is 3.65. The van der Waals surface area contributed by atoms with Crippen LogP contribution in [0.15, 0.2) is 39.1 Å². The highest BCUT2D eigenvalue weighted by molar-refractivity contribution is 9.11. The molecule has 0 bridgehead atoms. The fraction of sp³-hybridized carbons (Fsp3) is 0.0909. The lowest BCUT2D eigenvalue weighted by Gasteiger charge is -2.00. The maximum absolute atomic E-state index is 10.8. The molecule has 88 valence electrons. The van der Waals surface area contributed by atoms with Gasteiger partial charge in [-0.1, -0.05) is 0 Å². The Bertz CT molecular complexity index is 542. The van der Waals surface area contributed by atoms with Gasteiger partial charge < -0.3 is 5.11 Å². The second kappa shape index (κ2) is 5.66. The molecule has 0 fully saturated rings. The van der Waals surface area contributed by atoms with Crippen LogP contribution < -0.4 is 0 Å². The number of pyridine rings is 1. The molecule has 2 aromatic heterocycles. The van der Waals surface area contributed by atoms with Crippen LogP contribution in [0.25, 0.3) is 0 Å². The molecule has 0 aliphatic carbocycles. The number of halogens is 1. The number of carboxylic acids is 1. The third-order valence-electron chi connectivity index (χ3n) is 1.96. The van der Waals surface area contributed by atoms with Gasteiger partial charge in [-0.05, 0) is 40.2 Å². The Morgan fingerprint density at radius 3 is 2.94 bits per heavy atom. The first-order valence-corrected chi connectivity index (χ1v) is 7.31.